The number of sulfone groups is 1. The smallest absolute Gasteiger partial charge is 0.150 e. The van der Waals surface area contributed by atoms with Gasteiger partial charge in [0.25, 0.3) is 0 Å². The molecule has 0 aromatic carbocycles. The molecule has 4 heteroatoms. The zero-order valence-electron chi connectivity index (χ0n) is 9.62. The van der Waals surface area contributed by atoms with Crippen LogP contribution in [0.25, 0.3) is 0 Å². The van der Waals surface area contributed by atoms with Gasteiger partial charge in [0, 0.05) is 0 Å². The van der Waals surface area contributed by atoms with E-state index in [-0.39, 0.29) is 5.41 Å². The Morgan fingerprint density at radius 2 is 2.07 bits per heavy atom. The highest BCUT2D eigenvalue weighted by molar-refractivity contribution is 7.91. The lowest BCUT2D eigenvalue weighted by Crippen LogP contribution is -2.48. The van der Waals surface area contributed by atoms with Crippen molar-refractivity contribution in [1.29, 1.82) is 0 Å². The molecule has 1 N–H and O–H groups in total. The minimum absolute atomic E-state index is 0.0955. The Morgan fingerprint density at radius 3 is 2.60 bits per heavy atom. The van der Waals surface area contributed by atoms with Crippen molar-refractivity contribution in [2.45, 2.75) is 26.7 Å². The molecule has 0 bridgehead atoms. The van der Waals surface area contributed by atoms with Gasteiger partial charge in [0.1, 0.15) is 0 Å². The van der Waals surface area contributed by atoms with Crippen molar-refractivity contribution in [2.24, 2.45) is 17.3 Å². The van der Waals surface area contributed by atoms with Crippen LogP contribution in [0.15, 0.2) is 0 Å². The molecule has 1 spiro atoms. The third-order valence-corrected chi connectivity index (χ3v) is 6.01. The fourth-order valence-electron chi connectivity index (χ4n) is 3.37. The molecule has 3 nitrogen and oxygen atoms in total. The highest BCUT2D eigenvalue weighted by Gasteiger charge is 2.49. The number of rotatable bonds is 1. The van der Waals surface area contributed by atoms with Gasteiger partial charge in [-0.3, -0.25) is 0 Å². The average Bonchev–Trinajstić information content (AvgIpc) is 2.42. The molecule has 2 aliphatic rings. The van der Waals surface area contributed by atoms with Crippen LogP contribution in [0.1, 0.15) is 26.7 Å². The summed E-state index contributed by atoms with van der Waals surface area (Å²) < 4.78 is 23.3. The summed E-state index contributed by atoms with van der Waals surface area (Å²) >= 11 is 0. The Balaban J connectivity index is 2.24. The van der Waals surface area contributed by atoms with E-state index in [2.05, 4.69) is 19.2 Å². The average molecular weight is 231 g/mol. The largest absolute Gasteiger partial charge is 0.316 e. The van der Waals surface area contributed by atoms with E-state index in [0.717, 1.165) is 25.9 Å². The van der Waals surface area contributed by atoms with Gasteiger partial charge in [-0.05, 0) is 43.2 Å². The van der Waals surface area contributed by atoms with Gasteiger partial charge in [-0.25, -0.2) is 8.42 Å². The van der Waals surface area contributed by atoms with Gasteiger partial charge in [0.2, 0.25) is 0 Å². The van der Waals surface area contributed by atoms with Gasteiger partial charge < -0.3 is 5.32 Å². The number of hydrogen-bond donors (Lipinski definition) is 1. The lowest BCUT2D eigenvalue weighted by molar-refractivity contribution is 0.0974. The van der Waals surface area contributed by atoms with Crippen molar-refractivity contribution in [3.05, 3.63) is 0 Å². The third kappa shape index (κ3) is 2.07. The number of nitrogens with one attached hydrogen (secondary N) is 1. The molecule has 0 radical (unpaired) electrons. The Morgan fingerprint density at radius 1 is 1.33 bits per heavy atom. The van der Waals surface area contributed by atoms with Crippen LogP contribution >= 0.6 is 0 Å². The van der Waals surface area contributed by atoms with Crippen LogP contribution in [0.2, 0.25) is 0 Å². The van der Waals surface area contributed by atoms with E-state index in [0.29, 0.717) is 23.3 Å². The molecule has 2 saturated heterocycles. The van der Waals surface area contributed by atoms with Crippen molar-refractivity contribution in [1.82, 2.24) is 5.32 Å². The minimum atomic E-state index is -2.75. The van der Waals surface area contributed by atoms with Crippen molar-refractivity contribution in [2.75, 3.05) is 24.6 Å². The first-order chi connectivity index (χ1) is 6.95. The quantitative estimate of drug-likeness (QED) is 0.734. The lowest BCUT2D eigenvalue weighted by atomic mass is 9.66. The van der Waals surface area contributed by atoms with Gasteiger partial charge in [-0.1, -0.05) is 13.8 Å². The van der Waals surface area contributed by atoms with Crippen LogP contribution in [0.4, 0.5) is 0 Å². The molecular weight excluding hydrogens is 210 g/mol. The molecule has 88 valence electrons. The zero-order chi connectivity index (χ0) is 11.1. The lowest BCUT2D eigenvalue weighted by Gasteiger charge is -2.43. The van der Waals surface area contributed by atoms with Crippen LogP contribution < -0.4 is 5.32 Å². The first kappa shape index (κ1) is 11.4. The molecule has 0 aromatic rings. The van der Waals surface area contributed by atoms with Gasteiger partial charge >= 0.3 is 0 Å². The number of piperidine rings is 1. The molecular formula is C11H21NO2S. The standard InChI is InChI=1S/C11H21NO2S/c1-9(2)10-7-12-5-3-11(10)4-6-15(13,14)8-11/h9-10,12H,3-8H2,1-2H3. The number of hydrogen-bond acceptors (Lipinski definition) is 3. The van der Waals surface area contributed by atoms with E-state index >= 15 is 0 Å². The summed E-state index contributed by atoms with van der Waals surface area (Å²) in [5, 5.41) is 3.40. The fraction of sp³-hybridized carbons (Fsp3) is 1.00. The second-order valence-electron chi connectivity index (χ2n) is 5.51. The van der Waals surface area contributed by atoms with E-state index in [9.17, 15) is 8.42 Å². The molecule has 0 aromatic heterocycles. The molecule has 2 heterocycles. The topological polar surface area (TPSA) is 46.2 Å². The van der Waals surface area contributed by atoms with Crippen molar-refractivity contribution in [3.63, 3.8) is 0 Å². The summed E-state index contributed by atoms with van der Waals surface area (Å²) in [5.74, 6) is 1.95. The maximum atomic E-state index is 11.7. The third-order valence-electron chi connectivity index (χ3n) is 4.17. The van der Waals surface area contributed by atoms with Crippen LogP contribution in [-0.4, -0.2) is 33.0 Å². The second-order valence-corrected chi connectivity index (χ2v) is 7.69. The Bertz CT molecular complexity index is 336. The predicted octanol–water partition coefficient (Wildman–Crippen LogP) is 1.06. The van der Waals surface area contributed by atoms with E-state index in [4.69, 9.17) is 0 Å². The van der Waals surface area contributed by atoms with Gasteiger partial charge in [0.05, 0.1) is 11.5 Å². The molecule has 2 unspecified atom stereocenters. The molecule has 2 atom stereocenters. The van der Waals surface area contributed by atoms with E-state index in [1.54, 1.807) is 0 Å². The van der Waals surface area contributed by atoms with Crippen molar-refractivity contribution >= 4 is 9.84 Å². The molecule has 0 aliphatic carbocycles. The van der Waals surface area contributed by atoms with Crippen LogP contribution in [0.5, 0.6) is 0 Å². The van der Waals surface area contributed by atoms with Crippen LogP contribution in [0, 0.1) is 17.3 Å². The first-order valence-corrected chi connectivity index (χ1v) is 7.68. The molecule has 2 rings (SSSR count). The Labute approximate surface area is 92.6 Å². The van der Waals surface area contributed by atoms with Crippen molar-refractivity contribution in [3.8, 4) is 0 Å². The van der Waals surface area contributed by atoms with E-state index < -0.39 is 9.84 Å². The van der Waals surface area contributed by atoms with Crippen LogP contribution in [-0.2, 0) is 9.84 Å². The summed E-state index contributed by atoms with van der Waals surface area (Å²) in [6, 6.07) is 0. The first-order valence-electron chi connectivity index (χ1n) is 5.86. The summed E-state index contributed by atoms with van der Waals surface area (Å²) in [5.41, 5.74) is 0.0955. The van der Waals surface area contributed by atoms with E-state index in [1.165, 1.54) is 0 Å². The monoisotopic (exact) mass is 231 g/mol. The van der Waals surface area contributed by atoms with E-state index in [1.807, 2.05) is 0 Å². The Kier molecular flexibility index (Phi) is 2.84. The normalized spacial score (nSPS) is 40.1. The Hall–Kier alpha value is -0.0900. The van der Waals surface area contributed by atoms with Crippen LogP contribution in [0.3, 0.4) is 0 Å². The highest BCUT2D eigenvalue weighted by Crippen LogP contribution is 2.46. The summed E-state index contributed by atoms with van der Waals surface area (Å²) in [7, 11) is -2.75. The van der Waals surface area contributed by atoms with Gasteiger partial charge in [0.15, 0.2) is 9.84 Å². The molecule has 2 aliphatic heterocycles. The maximum Gasteiger partial charge on any atom is 0.150 e. The second kappa shape index (κ2) is 3.74. The molecule has 0 amide bonds. The summed E-state index contributed by atoms with van der Waals surface area (Å²) in [6.07, 6.45) is 1.93. The fourth-order valence-corrected chi connectivity index (χ4v) is 5.61. The predicted molar refractivity (Wildman–Crippen MR) is 61.5 cm³/mol. The zero-order valence-corrected chi connectivity index (χ0v) is 10.4. The molecule has 2 fully saturated rings. The molecule has 0 saturated carbocycles. The summed E-state index contributed by atoms with van der Waals surface area (Å²) in [4.78, 5) is 0. The van der Waals surface area contributed by atoms with Gasteiger partial charge in [-0.2, -0.15) is 0 Å². The van der Waals surface area contributed by atoms with Gasteiger partial charge in [-0.15, -0.1) is 0 Å². The van der Waals surface area contributed by atoms with Crippen molar-refractivity contribution < 1.29 is 8.42 Å². The SMILES string of the molecule is CC(C)C1CNCCC12CCS(=O)(=O)C2. The minimum Gasteiger partial charge on any atom is -0.316 e. The summed E-state index contributed by atoms with van der Waals surface area (Å²) in [6.45, 7) is 6.40. The highest BCUT2D eigenvalue weighted by atomic mass is 32.2. The molecule has 15 heavy (non-hydrogen) atoms. The maximum absolute atomic E-state index is 11.7.